The second kappa shape index (κ2) is 8.40. The average Bonchev–Trinajstić information content (AvgIpc) is 3.00. The molecule has 0 atom stereocenters. The maximum Gasteiger partial charge on any atom is 0.307 e. The second-order valence-electron chi connectivity index (χ2n) is 5.77. The molecule has 1 amide bonds. The molecule has 0 unspecified atom stereocenters. The number of nitrogens with one attached hydrogen (secondary N) is 1. The van der Waals surface area contributed by atoms with Crippen molar-refractivity contribution < 1.29 is 4.79 Å². The first-order valence-corrected chi connectivity index (χ1v) is 9.15. The van der Waals surface area contributed by atoms with Gasteiger partial charge < -0.3 is 4.57 Å². The lowest BCUT2D eigenvalue weighted by atomic mass is 10.0. The zero-order valence-corrected chi connectivity index (χ0v) is 15.2. The normalized spacial score (nSPS) is 10.3. The molecule has 5 nitrogen and oxygen atoms in total. The van der Waals surface area contributed by atoms with Gasteiger partial charge in [-0.3, -0.25) is 9.59 Å². The van der Waals surface area contributed by atoms with Gasteiger partial charge in [-0.1, -0.05) is 72.0 Å². The summed E-state index contributed by atoms with van der Waals surface area (Å²) in [6.45, 7) is 2.21. The number of hydrazone groups is 1. The number of rotatable bonds is 6. The van der Waals surface area contributed by atoms with Crippen molar-refractivity contribution in [2.24, 2.45) is 5.10 Å². The predicted octanol–water partition coefficient (Wildman–Crippen LogP) is 3.18. The molecular formula is C20H19N3O2S. The zero-order valence-electron chi connectivity index (χ0n) is 14.4. The van der Waals surface area contributed by atoms with Gasteiger partial charge >= 0.3 is 4.87 Å². The van der Waals surface area contributed by atoms with Gasteiger partial charge in [0, 0.05) is 35.2 Å². The summed E-state index contributed by atoms with van der Waals surface area (Å²) in [6.07, 6.45) is 0.192. The molecule has 2 aromatic carbocycles. The van der Waals surface area contributed by atoms with Crippen LogP contribution in [-0.2, 0) is 11.3 Å². The van der Waals surface area contributed by atoms with Crippen molar-refractivity contribution in [2.45, 2.75) is 19.9 Å². The van der Waals surface area contributed by atoms with Crippen LogP contribution in [0.25, 0.3) is 0 Å². The summed E-state index contributed by atoms with van der Waals surface area (Å²) in [4.78, 5) is 23.9. The molecule has 6 heteroatoms. The molecule has 1 aromatic heterocycles. The molecule has 0 saturated carbocycles. The lowest BCUT2D eigenvalue weighted by Crippen LogP contribution is -2.24. The van der Waals surface area contributed by atoms with Crippen molar-refractivity contribution in [3.63, 3.8) is 0 Å². The molecule has 132 valence electrons. The second-order valence-corrected chi connectivity index (χ2v) is 6.59. The van der Waals surface area contributed by atoms with Crippen LogP contribution in [0.3, 0.4) is 0 Å². The molecule has 0 fully saturated rings. The number of benzene rings is 2. The van der Waals surface area contributed by atoms with E-state index in [9.17, 15) is 9.59 Å². The number of amides is 1. The first-order valence-electron chi connectivity index (χ1n) is 8.27. The number of carbonyl (C=O) groups excluding carboxylic acids is 1. The van der Waals surface area contributed by atoms with E-state index in [-0.39, 0.29) is 17.2 Å². The summed E-state index contributed by atoms with van der Waals surface area (Å²) < 4.78 is 1.60. The third-order valence-electron chi connectivity index (χ3n) is 3.93. The molecule has 1 N–H and O–H groups in total. The molecule has 3 aromatic rings. The minimum atomic E-state index is -0.230. The molecule has 0 aliphatic heterocycles. The van der Waals surface area contributed by atoms with E-state index >= 15 is 0 Å². The summed E-state index contributed by atoms with van der Waals surface area (Å²) in [7, 11) is 0. The highest BCUT2D eigenvalue weighted by molar-refractivity contribution is 7.07. The maximum absolute atomic E-state index is 12.2. The Kier molecular flexibility index (Phi) is 5.76. The molecule has 0 aliphatic carbocycles. The third-order valence-corrected chi connectivity index (χ3v) is 4.81. The first kappa shape index (κ1) is 17.8. The maximum atomic E-state index is 12.2. The van der Waals surface area contributed by atoms with Gasteiger partial charge in [-0.15, -0.1) is 0 Å². The fourth-order valence-corrected chi connectivity index (χ4v) is 3.31. The van der Waals surface area contributed by atoms with Crippen LogP contribution in [0.1, 0.15) is 23.2 Å². The van der Waals surface area contributed by atoms with E-state index in [0.717, 1.165) is 28.2 Å². The van der Waals surface area contributed by atoms with Crippen LogP contribution in [-0.4, -0.2) is 16.2 Å². The van der Waals surface area contributed by atoms with E-state index in [1.807, 2.05) is 67.6 Å². The average molecular weight is 365 g/mol. The minimum Gasteiger partial charge on any atom is -0.303 e. The standard InChI is InChI=1S/C20H19N3O2S/c1-15-14-26-20(25)23(15)13-12-18(24)21-22-19(16-8-4-2-5-9-16)17-10-6-3-7-11-17/h2-11,14H,12-13H2,1H3,(H,21,24). The van der Waals surface area contributed by atoms with Crippen molar-refractivity contribution in [3.05, 3.63) is 92.5 Å². The van der Waals surface area contributed by atoms with E-state index in [0.29, 0.717) is 12.3 Å². The van der Waals surface area contributed by atoms with Gasteiger partial charge in [0.2, 0.25) is 5.91 Å². The first-order chi connectivity index (χ1) is 12.6. The van der Waals surface area contributed by atoms with E-state index in [2.05, 4.69) is 10.5 Å². The Labute approximate surface area is 155 Å². The van der Waals surface area contributed by atoms with Gasteiger partial charge in [0.05, 0.1) is 5.71 Å². The Morgan fingerprint density at radius 1 is 1.04 bits per heavy atom. The van der Waals surface area contributed by atoms with Gasteiger partial charge in [-0.25, -0.2) is 5.43 Å². The fraction of sp³-hybridized carbons (Fsp3) is 0.150. The van der Waals surface area contributed by atoms with Gasteiger partial charge in [0.15, 0.2) is 0 Å². The molecular weight excluding hydrogens is 346 g/mol. The molecule has 0 saturated heterocycles. The van der Waals surface area contributed by atoms with Crippen molar-refractivity contribution in [1.29, 1.82) is 0 Å². The van der Waals surface area contributed by atoms with Crippen molar-refractivity contribution in [1.82, 2.24) is 9.99 Å². The summed E-state index contributed by atoms with van der Waals surface area (Å²) in [5, 5.41) is 6.13. The van der Waals surface area contributed by atoms with E-state index in [1.54, 1.807) is 9.95 Å². The van der Waals surface area contributed by atoms with Crippen LogP contribution in [0.15, 0.2) is 75.9 Å². The Bertz CT molecular complexity index is 918. The van der Waals surface area contributed by atoms with Crippen LogP contribution in [0.2, 0.25) is 0 Å². The summed E-state index contributed by atoms with van der Waals surface area (Å²) in [6, 6.07) is 19.4. The Morgan fingerprint density at radius 3 is 2.12 bits per heavy atom. The van der Waals surface area contributed by atoms with E-state index < -0.39 is 0 Å². The molecule has 3 rings (SSSR count). The summed E-state index contributed by atoms with van der Waals surface area (Å²) in [5.74, 6) is -0.230. The van der Waals surface area contributed by atoms with E-state index in [1.165, 1.54) is 0 Å². The highest BCUT2D eigenvalue weighted by Gasteiger charge is 2.09. The molecule has 1 heterocycles. The van der Waals surface area contributed by atoms with Gasteiger partial charge in [0.1, 0.15) is 0 Å². The van der Waals surface area contributed by atoms with Crippen LogP contribution >= 0.6 is 11.3 Å². The topological polar surface area (TPSA) is 63.5 Å². The number of nitrogens with zero attached hydrogens (tertiary/aromatic N) is 2. The van der Waals surface area contributed by atoms with Crippen molar-refractivity contribution in [2.75, 3.05) is 0 Å². The van der Waals surface area contributed by atoms with Crippen molar-refractivity contribution >= 4 is 23.0 Å². The third kappa shape index (κ3) is 4.34. The van der Waals surface area contributed by atoms with Crippen molar-refractivity contribution in [3.8, 4) is 0 Å². The zero-order chi connectivity index (χ0) is 18.4. The van der Waals surface area contributed by atoms with Crippen LogP contribution in [0.4, 0.5) is 0 Å². The van der Waals surface area contributed by atoms with Gasteiger partial charge in [-0.2, -0.15) is 5.10 Å². The van der Waals surface area contributed by atoms with Gasteiger partial charge in [-0.05, 0) is 6.92 Å². The summed E-state index contributed by atoms with van der Waals surface area (Å²) >= 11 is 1.14. The minimum absolute atomic E-state index is 0.0481. The Balaban J connectivity index is 1.74. The quantitative estimate of drug-likeness (QED) is 0.539. The van der Waals surface area contributed by atoms with Crippen LogP contribution in [0, 0.1) is 6.92 Å². The SMILES string of the molecule is Cc1csc(=O)n1CCC(=O)NN=C(c1ccccc1)c1ccccc1. The number of aromatic nitrogens is 1. The number of aryl methyl sites for hydroxylation is 1. The molecule has 0 bridgehead atoms. The molecule has 0 radical (unpaired) electrons. The monoisotopic (exact) mass is 365 g/mol. The molecule has 26 heavy (non-hydrogen) atoms. The lowest BCUT2D eigenvalue weighted by Gasteiger charge is -2.08. The Hall–Kier alpha value is -2.99. The number of carbonyl (C=O) groups is 1. The van der Waals surface area contributed by atoms with Crippen LogP contribution < -0.4 is 10.3 Å². The Morgan fingerprint density at radius 2 is 1.62 bits per heavy atom. The molecule has 0 spiro atoms. The highest BCUT2D eigenvalue weighted by Crippen LogP contribution is 2.10. The number of hydrogen-bond donors (Lipinski definition) is 1. The van der Waals surface area contributed by atoms with Gasteiger partial charge in [0.25, 0.3) is 0 Å². The fourth-order valence-electron chi connectivity index (χ4n) is 2.55. The lowest BCUT2D eigenvalue weighted by molar-refractivity contribution is -0.121. The van der Waals surface area contributed by atoms with Crippen LogP contribution in [0.5, 0.6) is 0 Å². The molecule has 0 aliphatic rings. The smallest absolute Gasteiger partial charge is 0.303 e. The number of thiazole rings is 1. The summed E-state index contributed by atoms with van der Waals surface area (Å²) in [5.41, 5.74) is 6.02. The van der Waals surface area contributed by atoms with E-state index in [4.69, 9.17) is 0 Å². The predicted molar refractivity (Wildman–Crippen MR) is 105 cm³/mol. The number of hydrogen-bond acceptors (Lipinski definition) is 4. The largest absolute Gasteiger partial charge is 0.307 e. The highest BCUT2D eigenvalue weighted by atomic mass is 32.1.